The molecule has 0 amide bonds. The molecule has 0 spiro atoms. The van der Waals surface area contributed by atoms with Crippen molar-refractivity contribution in [2.45, 2.75) is 37.5 Å². The summed E-state index contributed by atoms with van der Waals surface area (Å²) in [7, 11) is -3.46. The van der Waals surface area contributed by atoms with Gasteiger partial charge in [0.25, 0.3) is 0 Å². The van der Waals surface area contributed by atoms with Gasteiger partial charge in [-0.2, -0.15) is 0 Å². The van der Waals surface area contributed by atoms with E-state index in [2.05, 4.69) is 23.6 Å². The first-order valence-electron chi connectivity index (χ1n) is 8.48. The molecule has 0 bridgehead atoms. The zero-order valence-electron chi connectivity index (χ0n) is 14.5. The maximum Gasteiger partial charge on any atom is 0.240 e. The van der Waals surface area contributed by atoms with Crippen LogP contribution in [0.3, 0.4) is 0 Å². The number of hydrogen-bond donors (Lipinski definition) is 1. The molecule has 5 nitrogen and oxygen atoms in total. The van der Waals surface area contributed by atoms with E-state index in [0.717, 1.165) is 16.9 Å². The fourth-order valence-electron chi connectivity index (χ4n) is 2.75. The number of hydrogen-bond acceptors (Lipinski definition) is 3. The number of sulfonamides is 1. The molecule has 0 radical (unpaired) electrons. The van der Waals surface area contributed by atoms with Crippen LogP contribution in [0.5, 0.6) is 0 Å². The quantitative estimate of drug-likeness (QED) is 0.660. The van der Waals surface area contributed by atoms with Crippen molar-refractivity contribution in [2.75, 3.05) is 6.54 Å². The van der Waals surface area contributed by atoms with Gasteiger partial charge < -0.3 is 4.40 Å². The zero-order valence-corrected chi connectivity index (χ0v) is 15.3. The molecule has 0 aliphatic rings. The minimum absolute atomic E-state index is 0.308. The number of nitrogens with one attached hydrogen (secondary N) is 1. The molecule has 6 heteroatoms. The molecule has 2 heterocycles. The molecule has 1 N–H and O–H groups in total. The van der Waals surface area contributed by atoms with Gasteiger partial charge in [-0.1, -0.05) is 32.0 Å². The first-order valence-corrected chi connectivity index (χ1v) is 9.96. The largest absolute Gasteiger partial charge is 0.304 e. The van der Waals surface area contributed by atoms with E-state index < -0.39 is 10.0 Å². The molecule has 0 atom stereocenters. The lowest BCUT2D eigenvalue weighted by atomic mass is 10.0. The fourth-order valence-corrected chi connectivity index (χ4v) is 3.83. The molecule has 0 aliphatic carbocycles. The highest BCUT2D eigenvalue weighted by atomic mass is 32.2. The third-order valence-electron chi connectivity index (χ3n) is 4.24. The molecule has 2 aromatic heterocycles. The second-order valence-electron chi connectivity index (χ2n) is 6.39. The monoisotopic (exact) mass is 357 g/mol. The van der Waals surface area contributed by atoms with Crippen molar-refractivity contribution in [3.63, 3.8) is 0 Å². The van der Waals surface area contributed by atoms with Gasteiger partial charge in [0.2, 0.25) is 10.0 Å². The molecule has 132 valence electrons. The normalized spacial score (nSPS) is 12.1. The number of pyridine rings is 1. The average molecular weight is 357 g/mol. The Bertz CT molecular complexity index is 944. The predicted molar refractivity (Wildman–Crippen MR) is 99.2 cm³/mol. The topological polar surface area (TPSA) is 63.5 Å². The van der Waals surface area contributed by atoms with Crippen LogP contribution in [0.4, 0.5) is 0 Å². The minimum atomic E-state index is -3.46. The summed E-state index contributed by atoms with van der Waals surface area (Å²) in [6.45, 7) is 4.55. The van der Waals surface area contributed by atoms with E-state index in [9.17, 15) is 8.42 Å². The van der Waals surface area contributed by atoms with E-state index in [0.29, 0.717) is 30.2 Å². The zero-order chi connectivity index (χ0) is 17.9. The molecule has 0 unspecified atom stereocenters. The van der Waals surface area contributed by atoms with E-state index in [-0.39, 0.29) is 0 Å². The number of aromatic nitrogens is 2. The number of rotatable bonds is 7. The molecule has 0 fully saturated rings. The fraction of sp³-hybridized carbons (Fsp3) is 0.316. The number of aryl methyl sites for hydroxylation is 1. The maximum absolute atomic E-state index is 12.4. The second-order valence-corrected chi connectivity index (χ2v) is 8.16. The second kappa shape index (κ2) is 7.37. The molecule has 0 aliphatic heterocycles. The number of benzene rings is 1. The number of fused-ring (bicyclic) bond motifs is 1. The minimum Gasteiger partial charge on any atom is -0.304 e. The Hall–Kier alpha value is -2.18. The lowest BCUT2D eigenvalue weighted by Crippen LogP contribution is -2.25. The van der Waals surface area contributed by atoms with Crippen molar-refractivity contribution >= 4 is 15.5 Å². The molecule has 1 aromatic carbocycles. The van der Waals surface area contributed by atoms with Gasteiger partial charge in [-0.05, 0) is 42.2 Å². The standard InChI is InChI=1S/C19H23N3O2S/c1-15(2)16-8-10-18(11-9-16)25(23,24)21-12-5-7-19-20-14-17-6-3-4-13-22(17)19/h3-4,6,8-11,13-15,21H,5,7,12H2,1-2H3. The Morgan fingerprint density at radius 3 is 2.60 bits per heavy atom. The number of nitrogens with zero attached hydrogens (tertiary/aromatic N) is 2. The summed E-state index contributed by atoms with van der Waals surface area (Å²) in [5, 5.41) is 0. The third-order valence-corrected chi connectivity index (χ3v) is 5.72. The lowest BCUT2D eigenvalue weighted by molar-refractivity contribution is 0.578. The van der Waals surface area contributed by atoms with Crippen molar-refractivity contribution in [1.29, 1.82) is 0 Å². The molecule has 0 saturated carbocycles. The molecule has 3 rings (SSSR count). The summed E-state index contributed by atoms with van der Waals surface area (Å²) in [5.41, 5.74) is 2.17. The Kier molecular flexibility index (Phi) is 5.20. The van der Waals surface area contributed by atoms with Crippen LogP contribution in [-0.2, 0) is 16.4 Å². The van der Waals surface area contributed by atoms with Crippen molar-refractivity contribution in [3.8, 4) is 0 Å². The van der Waals surface area contributed by atoms with Gasteiger partial charge in [0.1, 0.15) is 5.82 Å². The van der Waals surface area contributed by atoms with Crippen LogP contribution in [0.1, 0.15) is 37.6 Å². The summed E-state index contributed by atoms with van der Waals surface area (Å²) in [6.07, 6.45) is 5.21. The Balaban J connectivity index is 1.57. The smallest absolute Gasteiger partial charge is 0.240 e. The van der Waals surface area contributed by atoms with Crippen LogP contribution in [-0.4, -0.2) is 24.3 Å². The summed E-state index contributed by atoms with van der Waals surface area (Å²) < 4.78 is 29.4. The summed E-state index contributed by atoms with van der Waals surface area (Å²) >= 11 is 0. The first kappa shape index (κ1) is 17.6. The average Bonchev–Trinajstić information content (AvgIpc) is 3.02. The molecular weight excluding hydrogens is 334 g/mol. The molecule has 0 saturated heterocycles. The van der Waals surface area contributed by atoms with Gasteiger partial charge in [0.05, 0.1) is 16.6 Å². The summed E-state index contributed by atoms with van der Waals surface area (Å²) in [4.78, 5) is 4.71. The molecular formula is C19H23N3O2S. The van der Waals surface area contributed by atoms with Crippen LogP contribution in [0.15, 0.2) is 59.8 Å². The van der Waals surface area contributed by atoms with Crippen molar-refractivity contribution in [3.05, 3.63) is 66.2 Å². The highest BCUT2D eigenvalue weighted by Crippen LogP contribution is 2.17. The van der Waals surface area contributed by atoms with E-state index in [4.69, 9.17) is 0 Å². The summed E-state index contributed by atoms with van der Waals surface area (Å²) in [6, 6.07) is 13.0. The van der Waals surface area contributed by atoms with Crippen molar-refractivity contribution in [1.82, 2.24) is 14.1 Å². The summed E-state index contributed by atoms with van der Waals surface area (Å²) in [5.74, 6) is 1.32. The first-order chi connectivity index (χ1) is 12.0. The van der Waals surface area contributed by atoms with Crippen molar-refractivity contribution in [2.24, 2.45) is 0 Å². The maximum atomic E-state index is 12.4. The van der Waals surface area contributed by atoms with Gasteiger partial charge in [-0.25, -0.2) is 18.1 Å². The van der Waals surface area contributed by atoms with E-state index in [1.54, 1.807) is 12.1 Å². The SMILES string of the molecule is CC(C)c1ccc(S(=O)(=O)NCCCc2ncc3ccccn23)cc1. The van der Waals surface area contributed by atoms with Gasteiger partial charge in [0, 0.05) is 19.2 Å². The van der Waals surface area contributed by atoms with Gasteiger partial charge in [-0.3, -0.25) is 0 Å². The highest BCUT2D eigenvalue weighted by Gasteiger charge is 2.13. The van der Waals surface area contributed by atoms with Gasteiger partial charge in [0.15, 0.2) is 0 Å². The third kappa shape index (κ3) is 4.08. The predicted octanol–water partition coefficient (Wildman–Crippen LogP) is 3.37. The van der Waals surface area contributed by atoms with Crippen molar-refractivity contribution < 1.29 is 8.42 Å². The Morgan fingerprint density at radius 2 is 1.88 bits per heavy atom. The van der Waals surface area contributed by atoms with Crippen LogP contribution in [0.2, 0.25) is 0 Å². The number of imidazole rings is 1. The highest BCUT2D eigenvalue weighted by molar-refractivity contribution is 7.89. The van der Waals surface area contributed by atoms with Gasteiger partial charge in [-0.15, -0.1) is 0 Å². The Morgan fingerprint density at radius 1 is 1.12 bits per heavy atom. The van der Waals surface area contributed by atoms with Crippen LogP contribution < -0.4 is 4.72 Å². The van der Waals surface area contributed by atoms with Crippen LogP contribution >= 0.6 is 0 Å². The van der Waals surface area contributed by atoms with Crippen LogP contribution in [0.25, 0.3) is 5.52 Å². The van der Waals surface area contributed by atoms with E-state index in [1.165, 1.54) is 0 Å². The van der Waals surface area contributed by atoms with Gasteiger partial charge >= 0.3 is 0 Å². The molecule has 25 heavy (non-hydrogen) atoms. The molecule has 3 aromatic rings. The van der Waals surface area contributed by atoms with Crippen LogP contribution in [0, 0.1) is 0 Å². The lowest BCUT2D eigenvalue weighted by Gasteiger charge is -2.09. The Labute approximate surface area is 148 Å². The van der Waals surface area contributed by atoms with E-state index >= 15 is 0 Å². The van der Waals surface area contributed by atoms with E-state index in [1.807, 2.05) is 47.1 Å².